The predicted molar refractivity (Wildman–Crippen MR) is 176 cm³/mol. The van der Waals surface area contributed by atoms with Gasteiger partial charge in [0.15, 0.2) is 0 Å². The molecule has 0 atom stereocenters. The Bertz CT molecular complexity index is 795. The number of ether oxygens (including phenoxy) is 10. The van der Waals surface area contributed by atoms with E-state index < -0.39 is 0 Å². The number of hydrogen-bond donors (Lipinski definition) is 0. The summed E-state index contributed by atoms with van der Waals surface area (Å²) in [7, 11) is 0. The molecule has 1 aromatic heterocycles. The lowest BCUT2D eigenvalue weighted by molar-refractivity contribution is -0.0117. The van der Waals surface area contributed by atoms with E-state index in [2.05, 4.69) is 28.5 Å². The molecular formula is C31H58N6O10. The molecule has 0 aliphatic carbocycles. The van der Waals surface area contributed by atoms with Gasteiger partial charge in [-0.15, -0.1) is 0 Å². The van der Waals surface area contributed by atoms with Crippen molar-refractivity contribution in [1.82, 2.24) is 15.0 Å². The molecule has 0 spiro atoms. The maximum atomic E-state index is 5.91. The van der Waals surface area contributed by atoms with Gasteiger partial charge in [0.25, 0.3) is 0 Å². The zero-order chi connectivity index (χ0) is 33.0. The van der Waals surface area contributed by atoms with Gasteiger partial charge >= 0.3 is 0 Å². The normalized spacial score (nSPS) is 21.6. The lowest BCUT2D eigenvalue weighted by Crippen LogP contribution is -2.37. The quantitative estimate of drug-likeness (QED) is 0.428. The Kier molecular flexibility index (Phi) is 22.6. The van der Waals surface area contributed by atoms with Crippen LogP contribution in [0.15, 0.2) is 0 Å². The SMILES string of the molecule is CCN(CC)c1nc(N2CCOCCOCCOCCOCCOCC2)nc(N2CCOCCOCCOCCOCCOCC2)n1. The van der Waals surface area contributed by atoms with Gasteiger partial charge in [-0.2, -0.15) is 15.0 Å². The summed E-state index contributed by atoms with van der Waals surface area (Å²) in [5, 5.41) is 0. The highest BCUT2D eigenvalue weighted by atomic mass is 16.6. The molecule has 3 rings (SSSR count). The monoisotopic (exact) mass is 674 g/mol. The highest BCUT2D eigenvalue weighted by Gasteiger charge is 2.20. The van der Waals surface area contributed by atoms with Crippen molar-refractivity contribution in [3.8, 4) is 0 Å². The molecule has 3 heterocycles. The van der Waals surface area contributed by atoms with Crippen LogP contribution in [0.4, 0.5) is 17.8 Å². The van der Waals surface area contributed by atoms with Crippen LogP contribution >= 0.6 is 0 Å². The second-order valence-corrected chi connectivity index (χ2v) is 10.5. The molecule has 0 bridgehead atoms. The highest BCUT2D eigenvalue weighted by molar-refractivity contribution is 5.46. The van der Waals surface area contributed by atoms with Gasteiger partial charge in [-0.05, 0) is 13.8 Å². The van der Waals surface area contributed by atoms with Crippen LogP contribution in [-0.4, -0.2) is 186 Å². The van der Waals surface area contributed by atoms with Crippen molar-refractivity contribution in [1.29, 1.82) is 0 Å². The summed E-state index contributed by atoms with van der Waals surface area (Å²) in [6.07, 6.45) is 0. The van der Waals surface area contributed by atoms with E-state index in [9.17, 15) is 0 Å². The van der Waals surface area contributed by atoms with Crippen molar-refractivity contribution < 1.29 is 47.4 Å². The van der Waals surface area contributed by atoms with Gasteiger partial charge in [-0.25, -0.2) is 0 Å². The smallest absolute Gasteiger partial charge is 0.232 e. The molecule has 0 unspecified atom stereocenters. The van der Waals surface area contributed by atoms with Crippen molar-refractivity contribution >= 4 is 17.8 Å². The molecular weight excluding hydrogens is 616 g/mol. The average molecular weight is 675 g/mol. The highest BCUT2D eigenvalue weighted by Crippen LogP contribution is 2.19. The van der Waals surface area contributed by atoms with Crippen LogP contribution in [-0.2, 0) is 47.4 Å². The van der Waals surface area contributed by atoms with E-state index in [-0.39, 0.29) is 0 Å². The third-order valence-corrected chi connectivity index (χ3v) is 7.21. The molecule has 0 aromatic carbocycles. The molecule has 47 heavy (non-hydrogen) atoms. The van der Waals surface area contributed by atoms with Crippen molar-refractivity contribution in [3.63, 3.8) is 0 Å². The maximum Gasteiger partial charge on any atom is 0.232 e. The third kappa shape index (κ3) is 17.8. The molecule has 0 N–H and O–H groups in total. The van der Waals surface area contributed by atoms with E-state index in [0.29, 0.717) is 176 Å². The molecule has 1 aromatic rings. The Morgan fingerprint density at radius 2 is 0.617 bits per heavy atom. The molecule has 272 valence electrons. The lowest BCUT2D eigenvalue weighted by Gasteiger charge is -2.28. The van der Waals surface area contributed by atoms with E-state index in [4.69, 9.17) is 62.3 Å². The standard InChI is InChI=1S/C31H58N6O10/c1-3-35(4-2)29-32-30(36-5-9-38-13-17-42-21-25-46-26-22-43-18-14-39-10-6-36)34-31(33-29)37-7-11-40-15-19-44-23-27-47-28-24-45-20-16-41-12-8-37/h3-28H2,1-2H3. The van der Waals surface area contributed by atoms with Gasteiger partial charge in [0.05, 0.1) is 132 Å². The molecule has 16 nitrogen and oxygen atoms in total. The van der Waals surface area contributed by atoms with Gasteiger partial charge in [0.2, 0.25) is 17.8 Å². The predicted octanol–water partition coefficient (Wildman–Crippen LogP) is 0.524. The second-order valence-electron chi connectivity index (χ2n) is 10.5. The fourth-order valence-corrected chi connectivity index (χ4v) is 4.56. The maximum absolute atomic E-state index is 5.91. The van der Waals surface area contributed by atoms with Crippen LogP contribution in [0.5, 0.6) is 0 Å². The summed E-state index contributed by atoms with van der Waals surface area (Å²) in [4.78, 5) is 21.1. The summed E-state index contributed by atoms with van der Waals surface area (Å²) in [5.74, 6) is 1.74. The molecule has 16 heteroatoms. The molecule has 2 fully saturated rings. The van der Waals surface area contributed by atoms with Crippen molar-refractivity contribution in [2.75, 3.05) is 186 Å². The van der Waals surface area contributed by atoms with E-state index in [1.807, 2.05) is 0 Å². The zero-order valence-corrected chi connectivity index (χ0v) is 28.7. The fraction of sp³-hybridized carbons (Fsp3) is 0.903. The summed E-state index contributed by atoms with van der Waals surface area (Å²) >= 11 is 0. The summed E-state index contributed by atoms with van der Waals surface area (Å²) in [6.45, 7) is 18.0. The Morgan fingerprint density at radius 3 is 0.851 bits per heavy atom. The van der Waals surface area contributed by atoms with Crippen LogP contribution < -0.4 is 14.7 Å². The Morgan fingerprint density at radius 1 is 0.383 bits per heavy atom. The van der Waals surface area contributed by atoms with Gasteiger partial charge in [-0.1, -0.05) is 0 Å². The van der Waals surface area contributed by atoms with Crippen molar-refractivity contribution in [3.05, 3.63) is 0 Å². The van der Waals surface area contributed by atoms with Crippen molar-refractivity contribution in [2.45, 2.75) is 13.8 Å². The van der Waals surface area contributed by atoms with Crippen molar-refractivity contribution in [2.24, 2.45) is 0 Å². The third-order valence-electron chi connectivity index (χ3n) is 7.21. The van der Waals surface area contributed by atoms with E-state index in [0.717, 1.165) is 13.1 Å². The minimum atomic E-state index is 0.478. The van der Waals surface area contributed by atoms with Crippen LogP contribution in [0.1, 0.15) is 13.8 Å². The Labute approximate surface area is 280 Å². The van der Waals surface area contributed by atoms with Gasteiger partial charge in [0.1, 0.15) is 0 Å². The Hall–Kier alpha value is -1.99. The first-order valence-corrected chi connectivity index (χ1v) is 17.1. The van der Waals surface area contributed by atoms with E-state index in [1.54, 1.807) is 0 Å². The number of hydrogen-bond acceptors (Lipinski definition) is 16. The van der Waals surface area contributed by atoms with Crippen LogP contribution in [0, 0.1) is 0 Å². The fourth-order valence-electron chi connectivity index (χ4n) is 4.56. The number of nitrogens with zero attached hydrogens (tertiary/aromatic N) is 6. The first-order chi connectivity index (χ1) is 23.3. The number of rotatable bonds is 5. The van der Waals surface area contributed by atoms with Gasteiger partial charge in [-0.3, -0.25) is 0 Å². The average Bonchev–Trinajstić information content (AvgIpc) is 3.08. The second kappa shape index (κ2) is 26.9. The topological polar surface area (TPSA) is 141 Å². The van der Waals surface area contributed by atoms with Gasteiger partial charge < -0.3 is 62.1 Å². The van der Waals surface area contributed by atoms with E-state index in [1.165, 1.54) is 0 Å². The molecule has 2 aliphatic rings. The number of aromatic nitrogens is 3. The zero-order valence-electron chi connectivity index (χ0n) is 28.7. The number of anilines is 3. The molecule has 2 aliphatic heterocycles. The lowest BCUT2D eigenvalue weighted by atomic mass is 10.4. The summed E-state index contributed by atoms with van der Waals surface area (Å²) in [5.41, 5.74) is 0. The molecule has 2 saturated heterocycles. The molecule has 0 saturated carbocycles. The molecule has 0 amide bonds. The first kappa shape index (κ1) is 39.4. The largest absolute Gasteiger partial charge is 0.377 e. The minimum Gasteiger partial charge on any atom is -0.377 e. The van der Waals surface area contributed by atoms with E-state index >= 15 is 0 Å². The van der Waals surface area contributed by atoms with Crippen LogP contribution in [0.2, 0.25) is 0 Å². The van der Waals surface area contributed by atoms with Crippen LogP contribution in [0.25, 0.3) is 0 Å². The molecule has 0 radical (unpaired) electrons. The van der Waals surface area contributed by atoms with Crippen LogP contribution in [0.3, 0.4) is 0 Å². The summed E-state index contributed by atoms with van der Waals surface area (Å²) < 4.78 is 57.1. The Balaban J connectivity index is 1.76. The summed E-state index contributed by atoms with van der Waals surface area (Å²) in [6, 6.07) is 0. The van der Waals surface area contributed by atoms with Gasteiger partial charge in [0, 0.05) is 39.3 Å². The first-order valence-electron chi connectivity index (χ1n) is 17.1. The minimum absolute atomic E-state index is 0.478.